The highest BCUT2D eigenvalue weighted by molar-refractivity contribution is 5.52. The first-order chi connectivity index (χ1) is 7.77. The molecule has 0 N–H and O–H groups in total. The lowest BCUT2D eigenvalue weighted by Gasteiger charge is -2.17. The fraction of sp³-hybridized carbons (Fsp3) is 0.400. The van der Waals surface area contributed by atoms with Crippen LogP contribution in [0.1, 0.15) is 43.7 Å². The van der Waals surface area contributed by atoms with Crippen LogP contribution in [0.3, 0.4) is 0 Å². The number of benzene rings is 1. The number of ether oxygens (including phenoxy) is 1. The molecular weight excluding hydrogens is 196 g/mol. The van der Waals surface area contributed by atoms with Gasteiger partial charge in [-0.25, -0.2) is 0 Å². The van der Waals surface area contributed by atoms with Crippen molar-refractivity contribution in [3.63, 3.8) is 0 Å². The van der Waals surface area contributed by atoms with E-state index in [0.717, 1.165) is 18.3 Å². The first-order valence-corrected chi connectivity index (χ1v) is 6.00. The Balaban J connectivity index is 2.41. The molecule has 1 heteroatoms. The lowest BCUT2D eigenvalue weighted by Crippen LogP contribution is -2.02. The predicted octanol–water partition coefficient (Wildman–Crippen LogP) is 4.09. The Morgan fingerprint density at radius 1 is 1.50 bits per heavy atom. The van der Waals surface area contributed by atoms with Crippen LogP contribution in [0.15, 0.2) is 30.9 Å². The van der Waals surface area contributed by atoms with Crippen molar-refractivity contribution in [2.24, 2.45) is 0 Å². The van der Waals surface area contributed by atoms with E-state index in [1.54, 1.807) is 0 Å². The number of hydrogen-bond donors (Lipinski definition) is 0. The summed E-state index contributed by atoms with van der Waals surface area (Å²) in [6.07, 6.45) is 4.50. The largest absolute Gasteiger partial charge is 0.493 e. The normalized spacial score (nSPS) is 15.2. The maximum absolute atomic E-state index is 5.82. The molecule has 1 aromatic rings. The minimum Gasteiger partial charge on any atom is -0.493 e. The van der Waals surface area contributed by atoms with E-state index >= 15 is 0 Å². The second kappa shape index (κ2) is 4.73. The zero-order valence-corrected chi connectivity index (χ0v) is 10.1. The highest BCUT2D eigenvalue weighted by Gasteiger charge is 2.28. The van der Waals surface area contributed by atoms with E-state index in [0.29, 0.717) is 0 Å². The molecule has 0 atom stereocenters. The molecule has 1 radical (unpaired) electrons. The first kappa shape index (κ1) is 11.3. The Bertz CT molecular complexity index is 377. The van der Waals surface area contributed by atoms with Crippen molar-refractivity contribution in [1.82, 2.24) is 0 Å². The van der Waals surface area contributed by atoms with Crippen molar-refractivity contribution in [3.8, 4) is 5.75 Å². The van der Waals surface area contributed by atoms with Crippen LogP contribution in [-0.2, 0) is 0 Å². The van der Waals surface area contributed by atoms with Crippen LogP contribution in [0.2, 0.25) is 0 Å². The molecule has 0 amide bonds. The average Bonchev–Trinajstić information content (AvgIpc) is 3.13. The molecule has 0 heterocycles. The van der Waals surface area contributed by atoms with Crippen LogP contribution in [0.5, 0.6) is 5.75 Å². The Hall–Kier alpha value is -1.24. The van der Waals surface area contributed by atoms with Crippen LogP contribution in [-0.4, -0.2) is 6.61 Å². The van der Waals surface area contributed by atoms with Gasteiger partial charge in [0.2, 0.25) is 0 Å². The minimum atomic E-state index is 0.721. The lowest BCUT2D eigenvalue weighted by molar-refractivity contribution is 0.334. The maximum atomic E-state index is 5.82. The second-order valence-electron chi connectivity index (χ2n) is 4.32. The highest BCUT2D eigenvalue weighted by atomic mass is 16.5. The summed E-state index contributed by atoms with van der Waals surface area (Å²) in [7, 11) is 0. The smallest absolute Gasteiger partial charge is 0.126 e. The summed E-state index contributed by atoms with van der Waals surface area (Å²) < 4.78 is 5.82. The SMILES string of the molecule is C=C[C](C)c1cccc(C2CC2)c1OCC. The van der Waals surface area contributed by atoms with Gasteiger partial charge >= 0.3 is 0 Å². The summed E-state index contributed by atoms with van der Waals surface area (Å²) in [4.78, 5) is 0. The van der Waals surface area contributed by atoms with Gasteiger partial charge in [0.1, 0.15) is 5.75 Å². The van der Waals surface area contributed by atoms with Gasteiger partial charge in [-0.2, -0.15) is 0 Å². The van der Waals surface area contributed by atoms with Crippen LogP contribution in [0.4, 0.5) is 0 Å². The molecule has 0 bridgehead atoms. The Morgan fingerprint density at radius 3 is 2.81 bits per heavy atom. The molecule has 1 nitrogen and oxygen atoms in total. The molecule has 2 rings (SSSR count). The van der Waals surface area contributed by atoms with Crippen molar-refractivity contribution >= 4 is 0 Å². The summed E-state index contributed by atoms with van der Waals surface area (Å²) >= 11 is 0. The lowest BCUT2D eigenvalue weighted by atomic mass is 9.96. The highest BCUT2D eigenvalue weighted by Crippen LogP contribution is 2.46. The van der Waals surface area contributed by atoms with Gasteiger partial charge in [-0.05, 0) is 31.2 Å². The molecule has 1 saturated carbocycles. The van der Waals surface area contributed by atoms with Crippen molar-refractivity contribution in [2.75, 3.05) is 6.61 Å². The van der Waals surface area contributed by atoms with Crippen molar-refractivity contribution < 1.29 is 4.74 Å². The molecule has 16 heavy (non-hydrogen) atoms. The third kappa shape index (κ3) is 2.13. The van der Waals surface area contributed by atoms with Gasteiger partial charge in [0.25, 0.3) is 0 Å². The number of hydrogen-bond acceptors (Lipinski definition) is 1. The molecule has 0 aliphatic heterocycles. The molecule has 0 aromatic heterocycles. The Labute approximate surface area is 98.1 Å². The topological polar surface area (TPSA) is 9.23 Å². The minimum absolute atomic E-state index is 0.721. The molecule has 1 aromatic carbocycles. The zero-order valence-electron chi connectivity index (χ0n) is 10.1. The summed E-state index contributed by atoms with van der Waals surface area (Å²) in [6, 6.07) is 6.44. The maximum Gasteiger partial charge on any atom is 0.126 e. The second-order valence-corrected chi connectivity index (χ2v) is 4.32. The third-order valence-electron chi connectivity index (χ3n) is 3.08. The van der Waals surface area contributed by atoms with E-state index < -0.39 is 0 Å². The van der Waals surface area contributed by atoms with Crippen LogP contribution in [0, 0.1) is 5.92 Å². The number of para-hydroxylation sites is 1. The van der Waals surface area contributed by atoms with E-state index in [4.69, 9.17) is 4.74 Å². The average molecular weight is 215 g/mol. The number of rotatable bonds is 5. The molecule has 0 saturated heterocycles. The van der Waals surface area contributed by atoms with Gasteiger partial charge in [0.05, 0.1) is 6.61 Å². The molecule has 0 spiro atoms. The van der Waals surface area contributed by atoms with Gasteiger partial charge in [-0.1, -0.05) is 31.2 Å². The molecule has 0 unspecified atom stereocenters. The van der Waals surface area contributed by atoms with Crippen molar-refractivity contribution in [3.05, 3.63) is 47.9 Å². The van der Waals surface area contributed by atoms with E-state index in [1.165, 1.54) is 29.9 Å². The van der Waals surface area contributed by atoms with Gasteiger partial charge in [-0.3, -0.25) is 0 Å². The van der Waals surface area contributed by atoms with Gasteiger partial charge in [0, 0.05) is 11.5 Å². The van der Waals surface area contributed by atoms with Crippen LogP contribution < -0.4 is 4.74 Å². The summed E-state index contributed by atoms with van der Waals surface area (Å²) in [5.74, 6) is 2.98. The standard InChI is InChI=1S/C15H19O/c1-4-11(3)13-7-6-8-14(12-9-10-12)15(13)16-5-2/h4,6-8,12H,1,5,9-10H2,2-3H3. The van der Waals surface area contributed by atoms with E-state index in [9.17, 15) is 0 Å². The van der Waals surface area contributed by atoms with Gasteiger partial charge in [-0.15, -0.1) is 6.58 Å². The van der Waals surface area contributed by atoms with Gasteiger partial charge in [0.15, 0.2) is 0 Å². The van der Waals surface area contributed by atoms with Crippen LogP contribution in [0.25, 0.3) is 0 Å². The molecule has 1 aliphatic carbocycles. The third-order valence-corrected chi connectivity index (χ3v) is 3.08. The monoisotopic (exact) mass is 215 g/mol. The Kier molecular flexibility index (Phi) is 3.33. The van der Waals surface area contributed by atoms with E-state index in [-0.39, 0.29) is 0 Å². The fourth-order valence-electron chi connectivity index (χ4n) is 2.00. The summed E-state index contributed by atoms with van der Waals surface area (Å²) in [5.41, 5.74) is 2.57. The summed E-state index contributed by atoms with van der Waals surface area (Å²) in [5, 5.41) is 0. The van der Waals surface area contributed by atoms with E-state index in [1.807, 2.05) is 13.0 Å². The first-order valence-electron chi connectivity index (χ1n) is 6.00. The van der Waals surface area contributed by atoms with Crippen LogP contribution >= 0.6 is 0 Å². The molecule has 85 valence electrons. The molecular formula is C15H19O. The Morgan fingerprint density at radius 2 is 2.25 bits per heavy atom. The zero-order chi connectivity index (χ0) is 11.5. The van der Waals surface area contributed by atoms with Crippen molar-refractivity contribution in [2.45, 2.75) is 32.6 Å². The van der Waals surface area contributed by atoms with Crippen molar-refractivity contribution in [1.29, 1.82) is 0 Å². The van der Waals surface area contributed by atoms with E-state index in [2.05, 4.69) is 31.7 Å². The summed E-state index contributed by atoms with van der Waals surface area (Å²) in [6.45, 7) is 8.68. The van der Waals surface area contributed by atoms with Gasteiger partial charge < -0.3 is 4.74 Å². The quantitative estimate of drug-likeness (QED) is 0.718. The molecule has 1 aliphatic rings. The predicted molar refractivity (Wildman–Crippen MR) is 67.8 cm³/mol. The fourth-order valence-corrected chi connectivity index (χ4v) is 2.00. The molecule has 1 fully saturated rings. The number of allylic oxidation sites excluding steroid dienone is 1.